The van der Waals surface area contributed by atoms with Crippen molar-refractivity contribution in [3.8, 4) is 16.3 Å². The fourth-order valence-corrected chi connectivity index (χ4v) is 4.49. The van der Waals surface area contributed by atoms with Gasteiger partial charge in [-0.3, -0.25) is 0 Å². The van der Waals surface area contributed by atoms with Crippen LogP contribution in [0.2, 0.25) is 0 Å². The fraction of sp³-hybridized carbons (Fsp3) is 0.476. The van der Waals surface area contributed by atoms with Crippen molar-refractivity contribution in [2.24, 2.45) is 0 Å². The standard InChI is InChI=1S/C21H27N5O4S/c1-21(2,3)29-20(27)26-7-5-6-25(8-9-26)16-12-23-19(31-16)13-10-14(28-4)17-15(11-13)30-24-18(17)22/h10-12H,5-9H2,1-4H3,(H2,22,24). The van der Waals surface area contributed by atoms with E-state index >= 15 is 0 Å². The Morgan fingerprint density at radius 1 is 1.23 bits per heavy atom. The Morgan fingerprint density at radius 3 is 2.77 bits per heavy atom. The predicted octanol–water partition coefficient (Wildman–Crippen LogP) is 3.99. The number of rotatable bonds is 3. The summed E-state index contributed by atoms with van der Waals surface area (Å²) in [6.45, 7) is 8.51. The first kappa shape index (κ1) is 21.2. The highest BCUT2D eigenvalue weighted by molar-refractivity contribution is 7.18. The molecule has 1 fully saturated rings. The molecular formula is C21H27N5O4S. The molecule has 2 N–H and O–H groups in total. The second-order valence-corrected chi connectivity index (χ2v) is 9.44. The highest BCUT2D eigenvalue weighted by atomic mass is 32.1. The minimum Gasteiger partial charge on any atom is -0.496 e. The number of anilines is 2. The van der Waals surface area contributed by atoms with Crippen LogP contribution in [-0.2, 0) is 4.74 Å². The molecule has 4 rings (SSSR count). The normalized spacial score (nSPS) is 15.2. The molecule has 3 heterocycles. The minimum atomic E-state index is -0.494. The van der Waals surface area contributed by atoms with Crippen LogP contribution >= 0.6 is 11.3 Å². The maximum Gasteiger partial charge on any atom is 0.410 e. The molecule has 31 heavy (non-hydrogen) atoms. The predicted molar refractivity (Wildman–Crippen MR) is 121 cm³/mol. The van der Waals surface area contributed by atoms with Gasteiger partial charge in [-0.25, -0.2) is 9.78 Å². The molecular weight excluding hydrogens is 418 g/mol. The lowest BCUT2D eigenvalue weighted by Crippen LogP contribution is -2.39. The lowest BCUT2D eigenvalue weighted by atomic mass is 10.1. The first-order valence-corrected chi connectivity index (χ1v) is 11.0. The molecule has 0 bridgehead atoms. The molecule has 0 aliphatic carbocycles. The van der Waals surface area contributed by atoms with Gasteiger partial charge in [-0.1, -0.05) is 16.5 Å². The molecule has 3 aromatic rings. The maximum absolute atomic E-state index is 12.4. The zero-order valence-electron chi connectivity index (χ0n) is 18.2. The summed E-state index contributed by atoms with van der Waals surface area (Å²) in [5.74, 6) is 0.906. The number of hydrogen-bond acceptors (Lipinski definition) is 9. The molecule has 1 aliphatic rings. The average molecular weight is 446 g/mol. The van der Waals surface area contributed by atoms with Crippen LogP contribution in [-0.4, -0.2) is 60.0 Å². The van der Waals surface area contributed by atoms with Gasteiger partial charge in [0.15, 0.2) is 11.4 Å². The van der Waals surface area contributed by atoms with E-state index in [2.05, 4.69) is 15.0 Å². The fourth-order valence-electron chi connectivity index (χ4n) is 3.53. The van der Waals surface area contributed by atoms with E-state index in [-0.39, 0.29) is 6.09 Å². The van der Waals surface area contributed by atoms with Crippen molar-refractivity contribution in [3.63, 3.8) is 0 Å². The summed E-state index contributed by atoms with van der Waals surface area (Å²) in [5.41, 5.74) is 6.83. The monoisotopic (exact) mass is 445 g/mol. The summed E-state index contributed by atoms with van der Waals surface area (Å²) < 4.78 is 16.3. The molecule has 0 atom stereocenters. The van der Waals surface area contributed by atoms with Gasteiger partial charge in [0.05, 0.1) is 13.3 Å². The molecule has 0 spiro atoms. The SMILES string of the molecule is COc1cc(-c2ncc(N3CCCN(C(=O)OC(C)(C)C)CC3)s2)cc2onc(N)c12. The van der Waals surface area contributed by atoms with Crippen molar-refractivity contribution in [2.45, 2.75) is 32.8 Å². The minimum absolute atomic E-state index is 0.258. The summed E-state index contributed by atoms with van der Waals surface area (Å²) in [7, 11) is 1.59. The van der Waals surface area contributed by atoms with Crippen LogP contribution in [0.25, 0.3) is 21.5 Å². The number of nitrogens with two attached hydrogens (primary N) is 1. The number of thiazole rings is 1. The summed E-state index contributed by atoms with van der Waals surface area (Å²) in [4.78, 5) is 21.1. The molecule has 166 valence electrons. The third-order valence-corrected chi connectivity index (χ3v) is 6.09. The zero-order valence-corrected chi connectivity index (χ0v) is 19.0. The van der Waals surface area contributed by atoms with Gasteiger partial charge in [-0.15, -0.1) is 0 Å². The second-order valence-electron chi connectivity index (χ2n) is 8.43. The average Bonchev–Trinajstić information content (AvgIpc) is 3.26. The van der Waals surface area contributed by atoms with Crippen LogP contribution in [0.3, 0.4) is 0 Å². The van der Waals surface area contributed by atoms with E-state index in [4.69, 9.17) is 19.7 Å². The van der Waals surface area contributed by atoms with Crippen LogP contribution < -0.4 is 15.4 Å². The first-order valence-electron chi connectivity index (χ1n) is 10.2. The lowest BCUT2D eigenvalue weighted by molar-refractivity contribution is 0.0263. The van der Waals surface area contributed by atoms with Gasteiger partial charge in [0.1, 0.15) is 26.7 Å². The highest BCUT2D eigenvalue weighted by Crippen LogP contribution is 2.38. The number of nitrogens with zero attached hydrogens (tertiary/aromatic N) is 4. The van der Waals surface area contributed by atoms with Crippen LogP contribution in [0.1, 0.15) is 27.2 Å². The Kier molecular flexibility index (Phi) is 5.65. The van der Waals surface area contributed by atoms with E-state index in [9.17, 15) is 4.79 Å². The number of carbonyl (C=O) groups excluding carboxylic acids is 1. The van der Waals surface area contributed by atoms with Gasteiger partial charge in [0, 0.05) is 31.7 Å². The van der Waals surface area contributed by atoms with E-state index in [0.29, 0.717) is 35.6 Å². The molecule has 9 nitrogen and oxygen atoms in total. The summed E-state index contributed by atoms with van der Waals surface area (Å²) in [6.07, 6.45) is 2.48. The van der Waals surface area contributed by atoms with Crippen LogP contribution in [0.15, 0.2) is 22.9 Å². The number of nitrogen functional groups attached to an aromatic ring is 1. The van der Waals surface area contributed by atoms with Crippen molar-refractivity contribution >= 4 is 39.2 Å². The Bertz CT molecular complexity index is 1090. The van der Waals surface area contributed by atoms with Gasteiger partial charge in [-0.05, 0) is 39.3 Å². The van der Waals surface area contributed by atoms with Crippen LogP contribution in [0.4, 0.5) is 15.6 Å². The largest absolute Gasteiger partial charge is 0.496 e. The summed E-state index contributed by atoms with van der Waals surface area (Å²) in [5, 5.41) is 6.39. The molecule has 0 saturated carbocycles. The summed E-state index contributed by atoms with van der Waals surface area (Å²) in [6, 6.07) is 3.77. The highest BCUT2D eigenvalue weighted by Gasteiger charge is 2.25. The van der Waals surface area contributed by atoms with Crippen molar-refractivity contribution in [1.29, 1.82) is 0 Å². The lowest BCUT2D eigenvalue weighted by Gasteiger charge is -2.26. The first-order chi connectivity index (χ1) is 14.7. The number of carbonyl (C=O) groups is 1. The molecule has 10 heteroatoms. The Hall–Kier alpha value is -3.01. The number of methoxy groups -OCH3 is 1. The van der Waals surface area contributed by atoms with E-state index in [1.54, 1.807) is 23.3 Å². The van der Waals surface area contributed by atoms with Gasteiger partial charge >= 0.3 is 6.09 Å². The third-order valence-electron chi connectivity index (χ3n) is 4.98. The molecule has 1 saturated heterocycles. The molecule has 1 aliphatic heterocycles. The van der Waals surface area contributed by atoms with Crippen molar-refractivity contribution in [3.05, 3.63) is 18.3 Å². The topological polar surface area (TPSA) is 107 Å². The molecule has 1 aromatic carbocycles. The number of amides is 1. The van der Waals surface area contributed by atoms with Crippen molar-refractivity contribution in [2.75, 3.05) is 43.9 Å². The number of benzene rings is 1. The van der Waals surface area contributed by atoms with E-state index in [1.807, 2.05) is 39.1 Å². The van der Waals surface area contributed by atoms with Crippen LogP contribution in [0.5, 0.6) is 5.75 Å². The Balaban J connectivity index is 1.50. The Labute approximate surface area is 184 Å². The maximum atomic E-state index is 12.4. The molecule has 0 radical (unpaired) electrons. The smallest absolute Gasteiger partial charge is 0.410 e. The second kappa shape index (κ2) is 8.26. The molecule has 2 aromatic heterocycles. The summed E-state index contributed by atoms with van der Waals surface area (Å²) >= 11 is 1.59. The van der Waals surface area contributed by atoms with Crippen LogP contribution in [0, 0.1) is 0 Å². The quantitative estimate of drug-likeness (QED) is 0.645. The number of aromatic nitrogens is 2. The van der Waals surface area contributed by atoms with Gasteiger partial charge < -0.3 is 29.5 Å². The zero-order chi connectivity index (χ0) is 22.2. The molecule has 1 amide bonds. The Morgan fingerprint density at radius 2 is 2.03 bits per heavy atom. The van der Waals surface area contributed by atoms with Crippen molar-refractivity contribution in [1.82, 2.24) is 15.0 Å². The van der Waals surface area contributed by atoms with E-state index in [1.165, 1.54) is 0 Å². The van der Waals surface area contributed by atoms with E-state index < -0.39 is 5.60 Å². The van der Waals surface area contributed by atoms with E-state index in [0.717, 1.165) is 35.1 Å². The number of ether oxygens (including phenoxy) is 2. The third kappa shape index (κ3) is 4.53. The van der Waals surface area contributed by atoms with Gasteiger partial charge in [0.2, 0.25) is 0 Å². The van der Waals surface area contributed by atoms with Gasteiger partial charge in [-0.2, -0.15) is 0 Å². The van der Waals surface area contributed by atoms with Gasteiger partial charge in [0.25, 0.3) is 0 Å². The molecule has 0 unspecified atom stereocenters. The van der Waals surface area contributed by atoms with Crippen molar-refractivity contribution < 1.29 is 18.8 Å². The number of hydrogen-bond donors (Lipinski definition) is 1. The number of fused-ring (bicyclic) bond motifs is 1.